The van der Waals surface area contributed by atoms with E-state index in [1.165, 1.54) is 19.1 Å². The minimum Gasteiger partial charge on any atom is -0.442 e. The van der Waals surface area contributed by atoms with Crippen molar-refractivity contribution in [2.24, 2.45) is 5.73 Å². The van der Waals surface area contributed by atoms with Gasteiger partial charge in [0, 0.05) is 6.42 Å². The van der Waals surface area contributed by atoms with E-state index in [0.29, 0.717) is 4.90 Å². The highest BCUT2D eigenvalue weighted by molar-refractivity contribution is 6.23. The second-order valence-electron chi connectivity index (χ2n) is 6.83. The third-order valence-electron chi connectivity index (χ3n) is 4.87. The van der Waals surface area contributed by atoms with Crippen LogP contribution in [0.25, 0.3) is 0 Å². The molecule has 3 rings (SSSR count). The van der Waals surface area contributed by atoms with Crippen LogP contribution < -0.4 is 11.1 Å². The van der Waals surface area contributed by atoms with Gasteiger partial charge in [0.05, 0.1) is 17.7 Å². The third kappa shape index (κ3) is 3.79. The molecule has 1 aromatic rings. The number of benzene rings is 1. The molecule has 0 bridgehead atoms. The van der Waals surface area contributed by atoms with Crippen molar-refractivity contribution < 1.29 is 33.5 Å². The zero-order valence-corrected chi connectivity index (χ0v) is 16.1. The maximum Gasteiger partial charge on any atom is 0.330 e. The molecule has 0 saturated carbocycles. The molecule has 11 heteroatoms. The van der Waals surface area contributed by atoms with Gasteiger partial charge in [-0.05, 0) is 25.5 Å². The lowest BCUT2D eigenvalue weighted by Crippen LogP contribution is -2.57. The first kappa shape index (κ1) is 21.1. The van der Waals surface area contributed by atoms with E-state index < -0.39 is 54.3 Å². The van der Waals surface area contributed by atoms with Crippen LogP contribution in [0.1, 0.15) is 40.5 Å². The Bertz CT molecular complexity index is 910. The van der Waals surface area contributed by atoms with Gasteiger partial charge in [-0.3, -0.25) is 28.9 Å². The number of imide groups is 2. The first-order chi connectivity index (χ1) is 14.3. The highest BCUT2D eigenvalue weighted by Crippen LogP contribution is 2.28. The van der Waals surface area contributed by atoms with Crippen molar-refractivity contribution in [2.45, 2.75) is 31.8 Å². The Morgan fingerprint density at radius 3 is 2.33 bits per heavy atom. The summed E-state index contributed by atoms with van der Waals surface area (Å²) in [6, 6.07) is 3.98. The van der Waals surface area contributed by atoms with Crippen molar-refractivity contribution >= 4 is 35.5 Å². The van der Waals surface area contributed by atoms with Crippen LogP contribution in [0.3, 0.4) is 0 Å². The monoisotopic (exact) mass is 416 g/mol. The van der Waals surface area contributed by atoms with Crippen LogP contribution in [0.2, 0.25) is 0 Å². The van der Waals surface area contributed by atoms with Crippen molar-refractivity contribution in [1.82, 2.24) is 15.1 Å². The topological polar surface area (TPSA) is 156 Å². The van der Waals surface area contributed by atoms with Gasteiger partial charge in [-0.2, -0.15) is 0 Å². The predicted octanol–water partition coefficient (Wildman–Crippen LogP) is -1.24. The number of rotatable bonds is 6. The lowest BCUT2D eigenvalue weighted by atomic mass is 10.0. The van der Waals surface area contributed by atoms with Gasteiger partial charge in [-0.15, -0.1) is 0 Å². The molecule has 11 nitrogen and oxygen atoms in total. The number of carbonyl (C=O) groups excluding carboxylic acids is 6. The van der Waals surface area contributed by atoms with E-state index in [-0.39, 0.29) is 30.5 Å². The molecule has 0 aliphatic carbocycles. The van der Waals surface area contributed by atoms with Crippen LogP contribution >= 0.6 is 0 Å². The van der Waals surface area contributed by atoms with E-state index in [0.717, 1.165) is 4.90 Å². The molecule has 3 N–H and O–H groups in total. The van der Waals surface area contributed by atoms with E-state index in [4.69, 9.17) is 10.5 Å². The lowest BCUT2D eigenvalue weighted by Gasteiger charge is -2.34. The third-order valence-corrected chi connectivity index (χ3v) is 4.87. The fourth-order valence-corrected chi connectivity index (χ4v) is 3.30. The van der Waals surface area contributed by atoms with Crippen LogP contribution in [-0.4, -0.2) is 70.7 Å². The molecular weight excluding hydrogens is 396 g/mol. The molecule has 0 aromatic heterocycles. The van der Waals surface area contributed by atoms with Gasteiger partial charge in [0.2, 0.25) is 11.8 Å². The van der Waals surface area contributed by atoms with Gasteiger partial charge in [0.1, 0.15) is 12.1 Å². The number of nitrogens with zero attached hydrogens (tertiary/aromatic N) is 2. The highest BCUT2D eigenvalue weighted by Gasteiger charge is 2.47. The normalized spacial score (nSPS) is 19.6. The van der Waals surface area contributed by atoms with E-state index in [1.807, 2.05) is 0 Å². The van der Waals surface area contributed by atoms with Crippen LogP contribution in [0.4, 0.5) is 0 Å². The number of fused-ring (bicyclic) bond motifs is 1. The quantitative estimate of drug-likeness (QED) is 0.431. The fourth-order valence-electron chi connectivity index (χ4n) is 3.30. The molecule has 2 atom stereocenters. The lowest BCUT2D eigenvalue weighted by molar-refractivity contribution is -0.165. The van der Waals surface area contributed by atoms with Crippen molar-refractivity contribution in [2.75, 3.05) is 13.3 Å². The summed E-state index contributed by atoms with van der Waals surface area (Å²) in [5.74, 6) is -4.08. The molecule has 2 aliphatic heterocycles. The van der Waals surface area contributed by atoms with Crippen molar-refractivity contribution in [3.63, 3.8) is 0 Å². The zero-order chi connectivity index (χ0) is 22.0. The fraction of sp³-hybridized carbons (Fsp3) is 0.368. The number of amides is 5. The molecule has 0 spiro atoms. The number of nitrogens with one attached hydrogen (secondary N) is 1. The van der Waals surface area contributed by atoms with Crippen LogP contribution in [0.15, 0.2) is 24.3 Å². The Morgan fingerprint density at radius 1 is 1.17 bits per heavy atom. The van der Waals surface area contributed by atoms with Crippen molar-refractivity contribution in [3.8, 4) is 0 Å². The summed E-state index contributed by atoms with van der Waals surface area (Å²) >= 11 is 0. The average Bonchev–Trinajstić information content (AvgIpc) is 2.98. The summed E-state index contributed by atoms with van der Waals surface area (Å²) < 4.78 is 4.96. The molecule has 5 amide bonds. The minimum absolute atomic E-state index is 0.0173. The van der Waals surface area contributed by atoms with Crippen LogP contribution in [0, 0.1) is 0 Å². The molecule has 30 heavy (non-hydrogen) atoms. The van der Waals surface area contributed by atoms with Gasteiger partial charge in [0.15, 0.2) is 6.73 Å². The standard InChI is InChI=1S/C19H20N4O7/c1-10(21-14(24)8-20)19(29)30-9-22-15(25)7-6-13(18(22)28)23-16(26)11-4-2-3-5-12(11)17(23)27/h2-5,10,13H,6-9,20H2,1H3,(H,21,24)/t10?,13-/m0/s1. The van der Waals surface area contributed by atoms with Crippen LogP contribution in [0.5, 0.6) is 0 Å². The Balaban J connectivity index is 1.70. The van der Waals surface area contributed by atoms with Crippen molar-refractivity contribution in [3.05, 3.63) is 35.4 Å². The predicted molar refractivity (Wildman–Crippen MR) is 99.4 cm³/mol. The van der Waals surface area contributed by atoms with Gasteiger partial charge < -0.3 is 15.8 Å². The molecule has 1 unspecified atom stereocenters. The van der Waals surface area contributed by atoms with E-state index in [9.17, 15) is 28.8 Å². The summed E-state index contributed by atoms with van der Waals surface area (Å²) in [7, 11) is 0. The Morgan fingerprint density at radius 2 is 1.77 bits per heavy atom. The second-order valence-corrected chi connectivity index (χ2v) is 6.83. The number of piperidine rings is 1. The van der Waals surface area contributed by atoms with Crippen LogP contribution in [-0.2, 0) is 23.9 Å². The number of ether oxygens (including phenoxy) is 1. The SMILES string of the molecule is CC(NC(=O)CN)C(=O)OCN1C(=O)CC[C@H](N2C(=O)c3ccccc3C2=O)C1=O. The smallest absolute Gasteiger partial charge is 0.330 e. The van der Waals surface area contributed by atoms with Gasteiger partial charge in [-0.25, -0.2) is 9.69 Å². The molecule has 2 heterocycles. The maximum absolute atomic E-state index is 12.9. The van der Waals surface area contributed by atoms with E-state index in [1.54, 1.807) is 12.1 Å². The van der Waals surface area contributed by atoms with Gasteiger partial charge in [-0.1, -0.05) is 12.1 Å². The first-order valence-corrected chi connectivity index (χ1v) is 9.23. The summed E-state index contributed by atoms with van der Waals surface area (Å²) in [5, 5.41) is 2.29. The van der Waals surface area contributed by atoms with E-state index in [2.05, 4.69) is 5.32 Å². The molecule has 1 fully saturated rings. The number of hydrogen-bond donors (Lipinski definition) is 2. The first-order valence-electron chi connectivity index (χ1n) is 9.23. The minimum atomic E-state index is -1.18. The molecule has 158 valence electrons. The highest BCUT2D eigenvalue weighted by atomic mass is 16.5. The molecule has 1 saturated heterocycles. The maximum atomic E-state index is 12.9. The summed E-state index contributed by atoms with van der Waals surface area (Å²) in [4.78, 5) is 75.1. The van der Waals surface area contributed by atoms with Gasteiger partial charge >= 0.3 is 5.97 Å². The Labute approximate surface area is 171 Å². The Hall–Kier alpha value is -3.60. The number of carbonyl (C=O) groups is 6. The zero-order valence-electron chi connectivity index (χ0n) is 16.1. The number of likely N-dealkylation sites (tertiary alicyclic amines) is 1. The van der Waals surface area contributed by atoms with Crippen molar-refractivity contribution in [1.29, 1.82) is 0 Å². The molecule has 1 aromatic carbocycles. The van der Waals surface area contributed by atoms with Gasteiger partial charge in [0.25, 0.3) is 17.7 Å². The second kappa shape index (κ2) is 8.41. The largest absolute Gasteiger partial charge is 0.442 e. The number of esters is 1. The summed E-state index contributed by atoms with van der Waals surface area (Å²) in [6.07, 6.45) is -0.128. The molecular formula is C19H20N4O7. The average molecular weight is 416 g/mol. The molecule has 2 aliphatic rings. The summed E-state index contributed by atoms with van der Waals surface area (Å²) in [6.45, 7) is 0.346. The number of nitrogens with two attached hydrogens (primary N) is 1. The number of hydrogen-bond acceptors (Lipinski definition) is 8. The molecule has 0 radical (unpaired) electrons. The summed E-state index contributed by atoms with van der Waals surface area (Å²) in [5.41, 5.74) is 5.53. The Kier molecular flexibility index (Phi) is 5.92. The van der Waals surface area contributed by atoms with E-state index >= 15 is 0 Å².